The second kappa shape index (κ2) is 6.77. The molecule has 3 heterocycles. The number of rotatable bonds is 7. The van der Waals surface area contributed by atoms with E-state index in [0.717, 1.165) is 11.6 Å². The largest absolute Gasteiger partial charge is 0.366 e. The minimum atomic E-state index is -1.13. The van der Waals surface area contributed by atoms with Gasteiger partial charge in [-0.2, -0.15) is 5.10 Å². The highest BCUT2D eigenvalue weighted by Gasteiger charge is 2.19. The number of fused-ring (bicyclic) bond motifs is 1. The van der Waals surface area contributed by atoms with E-state index < -0.39 is 14.0 Å². The monoisotopic (exact) mass is 358 g/mol. The number of aromatic nitrogens is 5. The number of carbonyl (C=O) groups excluding carboxylic acids is 1. The Morgan fingerprint density at radius 1 is 1.32 bits per heavy atom. The second-order valence-electron chi connectivity index (χ2n) is 7.13. The van der Waals surface area contributed by atoms with Gasteiger partial charge < -0.3 is 10.5 Å². The van der Waals surface area contributed by atoms with E-state index in [4.69, 9.17) is 10.5 Å². The first-order valence-electron chi connectivity index (χ1n) is 8.07. The summed E-state index contributed by atoms with van der Waals surface area (Å²) in [5, 5.41) is 6.69. The van der Waals surface area contributed by atoms with Gasteiger partial charge in [0.2, 0.25) is 0 Å². The van der Waals surface area contributed by atoms with Crippen molar-refractivity contribution in [1.82, 2.24) is 24.7 Å². The SMILES string of the molecule is C[Si](C)(C)CCOCn1cnc2c(-c3cn[nH]c3)c(C(N)=O)cnc21. The molecular weight excluding hydrogens is 336 g/mol. The lowest BCUT2D eigenvalue weighted by molar-refractivity contribution is 0.0895. The minimum Gasteiger partial charge on any atom is -0.366 e. The molecule has 0 aliphatic heterocycles. The molecule has 9 heteroatoms. The van der Waals surface area contributed by atoms with Gasteiger partial charge in [0.1, 0.15) is 12.2 Å². The second-order valence-corrected chi connectivity index (χ2v) is 12.8. The van der Waals surface area contributed by atoms with E-state index in [0.29, 0.717) is 35.6 Å². The molecule has 3 N–H and O–H groups in total. The van der Waals surface area contributed by atoms with Gasteiger partial charge in [-0.15, -0.1) is 0 Å². The normalized spacial score (nSPS) is 12.0. The number of hydrogen-bond donors (Lipinski definition) is 2. The fraction of sp³-hybridized carbons (Fsp3) is 0.375. The lowest BCUT2D eigenvalue weighted by Gasteiger charge is -2.15. The number of H-pyrrole nitrogens is 1. The molecule has 3 aromatic heterocycles. The molecule has 3 rings (SSSR count). The van der Waals surface area contributed by atoms with Crippen molar-refractivity contribution in [3.8, 4) is 11.1 Å². The Hall–Kier alpha value is -2.52. The zero-order chi connectivity index (χ0) is 18.0. The average molecular weight is 358 g/mol. The first-order valence-corrected chi connectivity index (χ1v) is 11.8. The quantitative estimate of drug-likeness (QED) is 0.497. The van der Waals surface area contributed by atoms with Gasteiger partial charge in [-0.1, -0.05) is 19.6 Å². The van der Waals surface area contributed by atoms with E-state index in [2.05, 4.69) is 39.8 Å². The number of carbonyl (C=O) groups is 1. The Labute approximate surface area is 146 Å². The van der Waals surface area contributed by atoms with Crippen molar-refractivity contribution in [2.45, 2.75) is 32.4 Å². The number of aromatic amines is 1. The number of nitrogens with two attached hydrogens (primary N) is 1. The van der Waals surface area contributed by atoms with Crippen molar-refractivity contribution in [3.63, 3.8) is 0 Å². The number of pyridine rings is 1. The first-order chi connectivity index (χ1) is 11.9. The maximum Gasteiger partial charge on any atom is 0.250 e. The molecule has 0 unspecified atom stereocenters. The summed E-state index contributed by atoms with van der Waals surface area (Å²) in [4.78, 5) is 20.6. The molecule has 0 saturated heterocycles. The Kier molecular flexibility index (Phi) is 4.68. The maximum atomic E-state index is 11.8. The van der Waals surface area contributed by atoms with Crippen LogP contribution >= 0.6 is 0 Å². The highest BCUT2D eigenvalue weighted by Crippen LogP contribution is 2.29. The van der Waals surface area contributed by atoms with Crippen LogP contribution in [0.4, 0.5) is 0 Å². The van der Waals surface area contributed by atoms with Crippen molar-refractivity contribution in [2.24, 2.45) is 5.73 Å². The Bertz CT molecular complexity index is 882. The van der Waals surface area contributed by atoms with Crippen molar-refractivity contribution >= 4 is 25.1 Å². The molecule has 25 heavy (non-hydrogen) atoms. The smallest absolute Gasteiger partial charge is 0.250 e. The molecule has 0 aliphatic rings. The predicted octanol–water partition coefficient (Wildman–Crippen LogP) is 2.23. The molecule has 0 spiro atoms. The number of hydrogen-bond acceptors (Lipinski definition) is 5. The molecule has 0 aromatic carbocycles. The van der Waals surface area contributed by atoms with Crippen LogP contribution in [0, 0.1) is 0 Å². The van der Waals surface area contributed by atoms with Gasteiger partial charge in [0.05, 0.1) is 18.1 Å². The zero-order valence-electron chi connectivity index (χ0n) is 14.6. The molecule has 0 fully saturated rings. The summed E-state index contributed by atoms with van der Waals surface area (Å²) in [5.41, 5.74) is 8.43. The van der Waals surface area contributed by atoms with Crippen LogP contribution in [-0.4, -0.2) is 45.3 Å². The lowest BCUT2D eigenvalue weighted by Crippen LogP contribution is -2.22. The molecule has 0 bridgehead atoms. The summed E-state index contributed by atoms with van der Waals surface area (Å²) < 4.78 is 7.61. The molecule has 0 saturated carbocycles. The Balaban J connectivity index is 1.91. The number of nitrogens with zero attached hydrogens (tertiary/aromatic N) is 4. The number of primary amides is 1. The molecule has 132 valence electrons. The first kappa shape index (κ1) is 17.3. The van der Waals surface area contributed by atoms with E-state index in [1.54, 1.807) is 18.7 Å². The zero-order valence-corrected chi connectivity index (χ0v) is 15.6. The van der Waals surface area contributed by atoms with Gasteiger partial charge in [0.15, 0.2) is 5.65 Å². The molecule has 1 amide bonds. The molecule has 0 radical (unpaired) electrons. The summed E-state index contributed by atoms with van der Waals surface area (Å²) in [6.07, 6.45) is 6.48. The standard InChI is InChI=1S/C16H22N6O2Si/c1-25(2,3)5-4-24-10-22-9-19-14-13(11-6-20-21-7-11)12(15(17)23)8-18-16(14)22/h6-9H,4-5,10H2,1-3H3,(H2,17,23)(H,20,21). The number of amides is 1. The van der Waals surface area contributed by atoms with E-state index in [1.165, 1.54) is 6.20 Å². The highest BCUT2D eigenvalue weighted by atomic mass is 28.3. The number of nitrogens with one attached hydrogen (secondary N) is 1. The van der Waals surface area contributed by atoms with E-state index in [1.807, 2.05) is 4.57 Å². The molecule has 0 aliphatic carbocycles. The summed E-state index contributed by atoms with van der Waals surface area (Å²) in [5.74, 6) is -0.550. The molecular formula is C16H22N6O2Si. The fourth-order valence-corrected chi connectivity index (χ4v) is 3.26. The van der Waals surface area contributed by atoms with Crippen LogP contribution in [0.15, 0.2) is 24.9 Å². The van der Waals surface area contributed by atoms with Crippen LogP contribution in [0.1, 0.15) is 10.4 Å². The van der Waals surface area contributed by atoms with Gasteiger partial charge in [-0.3, -0.25) is 14.5 Å². The topological polar surface area (TPSA) is 112 Å². The van der Waals surface area contributed by atoms with Crippen LogP contribution in [0.3, 0.4) is 0 Å². The summed E-state index contributed by atoms with van der Waals surface area (Å²) in [6, 6.07) is 1.10. The number of imidazole rings is 1. The van der Waals surface area contributed by atoms with Gasteiger partial charge in [-0.05, 0) is 6.04 Å². The molecule has 0 atom stereocenters. The van der Waals surface area contributed by atoms with Crippen LogP contribution in [0.2, 0.25) is 25.7 Å². The van der Waals surface area contributed by atoms with E-state index in [-0.39, 0.29) is 0 Å². The van der Waals surface area contributed by atoms with Gasteiger partial charge in [-0.25, -0.2) is 9.97 Å². The summed E-state index contributed by atoms with van der Waals surface area (Å²) in [7, 11) is -1.13. The van der Waals surface area contributed by atoms with Gasteiger partial charge >= 0.3 is 0 Å². The summed E-state index contributed by atoms with van der Waals surface area (Å²) in [6.45, 7) is 8.02. The van der Waals surface area contributed by atoms with Crippen molar-refractivity contribution in [3.05, 3.63) is 30.5 Å². The van der Waals surface area contributed by atoms with Gasteiger partial charge in [0.25, 0.3) is 5.91 Å². The van der Waals surface area contributed by atoms with Crippen molar-refractivity contribution in [2.75, 3.05) is 6.61 Å². The van der Waals surface area contributed by atoms with Crippen LogP contribution < -0.4 is 5.73 Å². The average Bonchev–Trinajstić information content (AvgIpc) is 3.19. The van der Waals surface area contributed by atoms with Crippen LogP contribution in [-0.2, 0) is 11.5 Å². The minimum absolute atomic E-state index is 0.318. The summed E-state index contributed by atoms with van der Waals surface area (Å²) >= 11 is 0. The predicted molar refractivity (Wildman–Crippen MR) is 97.7 cm³/mol. The van der Waals surface area contributed by atoms with Crippen molar-refractivity contribution in [1.29, 1.82) is 0 Å². The maximum absolute atomic E-state index is 11.8. The Morgan fingerprint density at radius 2 is 2.12 bits per heavy atom. The van der Waals surface area contributed by atoms with E-state index in [9.17, 15) is 4.79 Å². The third kappa shape index (κ3) is 3.77. The van der Waals surface area contributed by atoms with Gasteiger partial charge in [0, 0.05) is 38.2 Å². The molecule has 8 nitrogen and oxygen atoms in total. The third-order valence-corrected chi connectivity index (χ3v) is 5.62. The Morgan fingerprint density at radius 3 is 2.76 bits per heavy atom. The van der Waals surface area contributed by atoms with E-state index >= 15 is 0 Å². The van der Waals surface area contributed by atoms with Crippen LogP contribution in [0.5, 0.6) is 0 Å². The lowest BCUT2D eigenvalue weighted by atomic mass is 10.0. The third-order valence-electron chi connectivity index (χ3n) is 3.91. The highest BCUT2D eigenvalue weighted by molar-refractivity contribution is 6.76. The fourth-order valence-electron chi connectivity index (χ4n) is 2.51. The molecule has 3 aromatic rings. The van der Waals surface area contributed by atoms with Crippen LogP contribution in [0.25, 0.3) is 22.3 Å². The van der Waals surface area contributed by atoms with Crippen molar-refractivity contribution < 1.29 is 9.53 Å². The number of ether oxygens (including phenoxy) is 1.